The largest absolute Gasteiger partial charge is 0.376 e. The number of halogens is 1. The van der Waals surface area contributed by atoms with Crippen molar-refractivity contribution < 1.29 is 9.13 Å². The molecule has 1 unspecified atom stereocenters. The van der Waals surface area contributed by atoms with E-state index in [1.165, 1.54) is 0 Å². The van der Waals surface area contributed by atoms with E-state index in [1.807, 2.05) is 30.3 Å². The van der Waals surface area contributed by atoms with Crippen LogP contribution in [0.15, 0.2) is 30.3 Å². The number of ether oxygens (including phenoxy) is 1. The summed E-state index contributed by atoms with van der Waals surface area (Å²) < 4.78 is 17.6. The van der Waals surface area contributed by atoms with Gasteiger partial charge in [-0.3, -0.25) is 0 Å². The van der Waals surface area contributed by atoms with Gasteiger partial charge in [0.1, 0.15) is 0 Å². The molecule has 0 bridgehead atoms. The van der Waals surface area contributed by atoms with Crippen molar-refractivity contribution in [2.75, 3.05) is 11.9 Å². The average molecular weight is 180 g/mol. The lowest BCUT2D eigenvalue weighted by Gasteiger charge is -2.13. The molecule has 1 N–H and O–H groups in total. The topological polar surface area (TPSA) is 21.3 Å². The van der Waals surface area contributed by atoms with Crippen molar-refractivity contribution >= 4 is 5.69 Å². The number of nitrogens with one attached hydrogen (secondary N) is 1. The fraction of sp³-hybridized carbons (Fsp3) is 0.300. The quantitative estimate of drug-likeness (QED) is 0.754. The zero-order chi connectivity index (χ0) is 9.10. The Balaban J connectivity index is 1.98. The van der Waals surface area contributed by atoms with Crippen molar-refractivity contribution in [3.63, 3.8) is 0 Å². The Morgan fingerprint density at radius 1 is 1.31 bits per heavy atom. The Hall–Kier alpha value is -1.09. The van der Waals surface area contributed by atoms with Crippen molar-refractivity contribution in [1.82, 2.24) is 0 Å². The van der Waals surface area contributed by atoms with Crippen LogP contribution in [0.3, 0.4) is 0 Å². The number of para-hydroxylation sites is 1. The van der Waals surface area contributed by atoms with Gasteiger partial charge in [0.05, 0.1) is 12.6 Å². The first-order valence-corrected chi connectivity index (χ1v) is 4.33. The minimum Gasteiger partial charge on any atom is -0.376 e. The normalized spacial score (nSPS) is 23.3. The van der Waals surface area contributed by atoms with Gasteiger partial charge in [-0.25, -0.2) is 4.39 Å². The molecule has 1 aromatic carbocycles. The molecule has 1 saturated heterocycles. The van der Waals surface area contributed by atoms with Crippen molar-refractivity contribution in [3.8, 4) is 0 Å². The van der Waals surface area contributed by atoms with Crippen molar-refractivity contribution in [3.05, 3.63) is 36.7 Å². The molecule has 2 rings (SSSR count). The van der Waals surface area contributed by atoms with Gasteiger partial charge in [0.25, 0.3) is 6.36 Å². The molecular weight excluding hydrogens is 169 g/mol. The third kappa shape index (κ3) is 1.98. The van der Waals surface area contributed by atoms with E-state index in [4.69, 9.17) is 4.74 Å². The molecule has 0 spiro atoms. The average Bonchev–Trinajstić information content (AvgIpc) is 2.54. The first-order valence-electron chi connectivity index (χ1n) is 4.33. The van der Waals surface area contributed by atoms with Crippen LogP contribution in [-0.2, 0) is 4.74 Å². The Labute approximate surface area is 76.7 Å². The SMILES string of the molecule is F[C]1OCCC1Nc1ccccc1. The third-order valence-electron chi connectivity index (χ3n) is 2.04. The van der Waals surface area contributed by atoms with E-state index in [1.54, 1.807) is 0 Å². The summed E-state index contributed by atoms with van der Waals surface area (Å²) in [5.74, 6) is 0. The molecule has 1 aliphatic heterocycles. The zero-order valence-electron chi connectivity index (χ0n) is 7.16. The number of benzene rings is 1. The van der Waals surface area contributed by atoms with E-state index in [-0.39, 0.29) is 6.04 Å². The van der Waals surface area contributed by atoms with Crippen LogP contribution in [0, 0.1) is 6.36 Å². The van der Waals surface area contributed by atoms with E-state index in [0.29, 0.717) is 13.0 Å². The van der Waals surface area contributed by atoms with Crippen LogP contribution in [0.5, 0.6) is 0 Å². The molecule has 1 aliphatic rings. The van der Waals surface area contributed by atoms with Crippen molar-refractivity contribution in [2.24, 2.45) is 0 Å². The summed E-state index contributed by atoms with van der Waals surface area (Å²) >= 11 is 0. The highest BCUT2D eigenvalue weighted by Gasteiger charge is 2.29. The standard InChI is InChI=1S/C10H11FNO/c11-10-9(6-7-13-10)12-8-4-2-1-3-5-8/h1-5,9,12H,6-7H2. The predicted octanol–water partition coefficient (Wildman–Crippen LogP) is 2.35. The molecule has 1 heterocycles. The minimum atomic E-state index is -0.399. The third-order valence-corrected chi connectivity index (χ3v) is 2.04. The maximum absolute atomic E-state index is 12.9. The van der Waals surface area contributed by atoms with E-state index in [0.717, 1.165) is 5.69 Å². The van der Waals surface area contributed by atoms with Gasteiger partial charge in [0, 0.05) is 5.69 Å². The van der Waals surface area contributed by atoms with Gasteiger partial charge >= 0.3 is 0 Å². The molecular formula is C10H11FNO. The van der Waals surface area contributed by atoms with Crippen LogP contribution in [0.4, 0.5) is 10.1 Å². The first-order chi connectivity index (χ1) is 6.36. The lowest BCUT2D eigenvalue weighted by molar-refractivity contribution is 0.108. The zero-order valence-corrected chi connectivity index (χ0v) is 7.16. The maximum Gasteiger partial charge on any atom is 0.291 e. The Kier molecular flexibility index (Phi) is 2.45. The van der Waals surface area contributed by atoms with Crippen LogP contribution in [0.2, 0.25) is 0 Å². The molecule has 13 heavy (non-hydrogen) atoms. The molecule has 1 aromatic rings. The van der Waals surface area contributed by atoms with Crippen LogP contribution in [-0.4, -0.2) is 12.6 Å². The second-order valence-corrected chi connectivity index (χ2v) is 3.00. The van der Waals surface area contributed by atoms with E-state index in [9.17, 15) is 4.39 Å². The molecule has 0 saturated carbocycles. The lowest BCUT2D eigenvalue weighted by Crippen LogP contribution is -2.20. The number of rotatable bonds is 2. The Morgan fingerprint density at radius 2 is 2.08 bits per heavy atom. The van der Waals surface area contributed by atoms with E-state index in [2.05, 4.69) is 5.32 Å². The van der Waals surface area contributed by atoms with Gasteiger partial charge in [0.2, 0.25) is 0 Å². The fourth-order valence-corrected chi connectivity index (χ4v) is 1.35. The summed E-state index contributed by atoms with van der Waals surface area (Å²) in [7, 11) is 0. The van der Waals surface area contributed by atoms with Gasteiger partial charge < -0.3 is 10.1 Å². The molecule has 0 amide bonds. The summed E-state index contributed by atoms with van der Waals surface area (Å²) in [6.45, 7) is 0.469. The summed E-state index contributed by atoms with van der Waals surface area (Å²) in [5, 5.41) is 3.05. The maximum atomic E-state index is 12.9. The molecule has 0 aromatic heterocycles. The molecule has 1 radical (unpaired) electrons. The highest BCUT2D eigenvalue weighted by molar-refractivity contribution is 5.44. The molecule has 1 fully saturated rings. The molecule has 2 nitrogen and oxygen atoms in total. The van der Waals surface area contributed by atoms with Crippen LogP contribution < -0.4 is 5.32 Å². The van der Waals surface area contributed by atoms with Gasteiger partial charge in [0.15, 0.2) is 0 Å². The summed E-state index contributed by atoms with van der Waals surface area (Å²) in [4.78, 5) is 0. The van der Waals surface area contributed by atoms with Crippen LogP contribution in [0.25, 0.3) is 0 Å². The van der Waals surface area contributed by atoms with Crippen molar-refractivity contribution in [2.45, 2.75) is 12.5 Å². The second-order valence-electron chi connectivity index (χ2n) is 3.00. The van der Waals surface area contributed by atoms with Gasteiger partial charge in [-0.05, 0) is 18.6 Å². The lowest BCUT2D eigenvalue weighted by atomic mass is 10.2. The number of hydrogen-bond donors (Lipinski definition) is 1. The Bertz CT molecular complexity index is 265. The highest BCUT2D eigenvalue weighted by Crippen LogP contribution is 2.24. The van der Waals surface area contributed by atoms with Crippen molar-refractivity contribution in [1.29, 1.82) is 0 Å². The van der Waals surface area contributed by atoms with Crippen LogP contribution >= 0.6 is 0 Å². The van der Waals surface area contributed by atoms with E-state index < -0.39 is 6.36 Å². The van der Waals surface area contributed by atoms with Gasteiger partial charge in [-0.15, -0.1) is 0 Å². The monoisotopic (exact) mass is 180 g/mol. The fourth-order valence-electron chi connectivity index (χ4n) is 1.35. The summed E-state index contributed by atoms with van der Waals surface area (Å²) in [5.41, 5.74) is 0.924. The smallest absolute Gasteiger partial charge is 0.291 e. The predicted molar refractivity (Wildman–Crippen MR) is 48.8 cm³/mol. The highest BCUT2D eigenvalue weighted by atomic mass is 19.1. The number of anilines is 1. The second kappa shape index (κ2) is 3.75. The first kappa shape index (κ1) is 8.51. The summed E-state index contributed by atoms with van der Waals surface area (Å²) in [6, 6.07) is 9.29. The number of hydrogen-bond acceptors (Lipinski definition) is 2. The molecule has 1 atom stereocenters. The molecule has 0 aliphatic carbocycles. The van der Waals surface area contributed by atoms with Crippen LogP contribution in [0.1, 0.15) is 6.42 Å². The molecule has 69 valence electrons. The minimum absolute atomic E-state index is 0.276. The Morgan fingerprint density at radius 3 is 2.69 bits per heavy atom. The molecule has 3 heteroatoms. The van der Waals surface area contributed by atoms with E-state index >= 15 is 0 Å². The van der Waals surface area contributed by atoms with Gasteiger partial charge in [-0.1, -0.05) is 18.2 Å². The van der Waals surface area contributed by atoms with Gasteiger partial charge in [-0.2, -0.15) is 0 Å². The summed E-state index contributed by atoms with van der Waals surface area (Å²) in [6.07, 6.45) is 0.296.